The molecule has 1 N–H and O–H groups in total. The molecule has 0 saturated carbocycles. The number of pyridine rings is 1. The summed E-state index contributed by atoms with van der Waals surface area (Å²) in [6, 6.07) is 5.01. The van der Waals surface area contributed by atoms with Crippen LogP contribution in [0, 0.1) is 6.92 Å². The second-order valence-electron chi connectivity index (χ2n) is 3.74. The molecule has 0 atom stereocenters. The minimum absolute atomic E-state index is 0.269. The summed E-state index contributed by atoms with van der Waals surface area (Å²) in [7, 11) is 1.68. The van der Waals surface area contributed by atoms with E-state index in [1.165, 1.54) is 6.07 Å². The van der Waals surface area contributed by atoms with Gasteiger partial charge in [-0.1, -0.05) is 23.7 Å². The fraction of sp³-hybridized carbons (Fsp3) is 0.250. The molecule has 0 saturated heterocycles. The molecule has 1 aromatic carbocycles. The number of anilines is 1. The minimum atomic E-state index is -2.61. The Morgan fingerprint density at radius 3 is 2.65 bits per heavy atom. The van der Waals surface area contributed by atoms with Crippen LogP contribution in [0.5, 0.6) is 0 Å². The number of fused-ring (bicyclic) bond motifs is 1. The molecular weight excluding hydrogens is 246 g/mol. The predicted molar refractivity (Wildman–Crippen MR) is 66.0 cm³/mol. The Balaban J connectivity index is 2.83. The van der Waals surface area contributed by atoms with Crippen LogP contribution >= 0.6 is 11.6 Å². The van der Waals surface area contributed by atoms with Crippen LogP contribution in [0.15, 0.2) is 18.2 Å². The first kappa shape index (κ1) is 12.0. The van der Waals surface area contributed by atoms with Gasteiger partial charge in [0.2, 0.25) is 0 Å². The Morgan fingerprint density at radius 1 is 1.35 bits per heavy atom. The van der Waals surface area contributed by atoms with Crippen LogP contribution in [0.25, 0.3) is 10.9 Å². The molecule has 1 heterocycles. The summed E-state index contributed by atoms with van der Waals surface area (Å²) >= 11 is 6.10. The molecule has 0 spiro atoms. The molecule has 0 radical (unpaired) electrons. The predicted octanol–water partition coefficient (Wildman–Crippen LogP) is 4.18. The van der Waals surface area contributed by atoms with Crippen LogP contribution < -0.4 is 5.32 Å². The highest BCUT2D eigenvalue weighted by Gasteiger charge is 2.15. The molecular formula is C12H11ClF2N2. The normalized spacial score (nSPS) is 11.2. The van der Waals surface area contributed by atoms with Crippen molar-refractivity contribution in [2.45, 2.75) is 13.3 Å². The molecule has 0 aliphatic rings. The van der Waals surface area contributed by atoms with E-state index >= 15 is 0 Å². The van der Waals surface area contributed by atoms with E-state index in [1.807, 2.05) is 19.1 Å². The molecule has 90 valence electrons. The Hall–Kier alpha value is -1.42. The number of benzene rings is 1. The van der Waals surface area contributed by atoms with Gasteiger partial charge in [-0.2, -0.15) is 0 Å². The van der Waals surface area contributed by atoms with E-state index in [4.69, 9.17) is 11.6 Å². The average molecular weight is 257 g/mol. The summed E-state index contributed by atoms with van der Waals surface area (Å²) in [5, 5.41) is 4.04. The quantitative estimate of drug-likeness (QED) is 0.872. The monoisotopic (exact) mass is 256 g/mol. The minimum Gasteiger partial charge on any atom is -0.388 e. The number of hydrogen-bond donors (Lipinski definition) is 1. The largest absolute Gasteiger partial charge is 0.388 e. The summed E-state index contributed by atoms with van der Waals surface area (Å²) in [4.78, 5) is 3.92. The molecule has 0 aliphatic heterocycles. The first-order valence-electron chi connectivity index (χ1n) is 5.10. The average Bonchev–Trinajstić information content (AvgIpc) is 2.32. The van der Waals surface area contributed by atoms with E-state index in [-0.39, 0.29) is 5.69 Å². The zero-order valence-electron chi connectivity index (χ0n) is 9.39. The summed E-state index contributed by atoms with van der Waals surface area (Å²) in [5.41, 5.74) is 1.57. The van der Waals surface area contributed by atoms with E-state index in [1.54, 1.807) is 7.05 Å². The molecule has 0 bridgehead atoms. The van der Waals surface area contributed by atoms with Crippen molar-refractivity contribution < 1.29 is 8.78 Å². The van der Waals surface area contributed by atoms with Crippen LogP contribution in [0.1, 0.15) is 17.7 Å². The number of nitrogens with zero attached hydrogens (tertiary/aromatic N) is 1. The van der Waals surface area contributed by atoms with Crippen molar-refractivity contribution in [2.24, 2.45) is 0 Å². The number of aromatic nitrogens is 1. The number of aryl methyl sites for hydroxylation is 1. The van der Waals surface area contributed by atoms with Gasteiger partial charge in [0.15, 0.2) is 0 Å². The molecule has 0 aliphatic carbocycles. The molecule has 2 nitrogen and oxygen atoms in total. The Morgan fingerprint density at radius 2 is 2.06 bits per heavy atom. The van der Waals surface area contributed by atoms with Crippen molar-refractivity contribution in [3.63, 3.8) is 0 Å². The number of rotatable bonds is 2. The van der Waals surface area contributed by atoms with Gasteiger partial charge in [-0.05, 0) is 18.6 Å². The van der Waals surface area contributed by atoms with E-state index in [0.717, 1.165) is 10.9 Å². The van der Waals surface area contributed by atoms with Crippen LogP contribution in [-0.4, -0.2) is 12.0 Å². The molecule has 5 heteroatoms. The standard InChI is InChI=1S/C12H11ClF2N2/c1-6-3-4-7-8(16-2)5-9(12(14)15)17-11(7)10(6)13/h3-5,12H,1-2H3,(H,16,17). The lowest BCUT2D eigenvalue weighted by atomic mass is 10.1. The third-order valence-corrected chi connectivity index (χ3v) is 3.10. The zero-order chi connectivity index (χ0) is 12.6. The van der Waals surface area contributed by atoms with Gasteiger partial charge in [0.25, 0.3) is 6.43 Å². The fourth-order valence-electron chi connectivity index (χ4n) is 1.70. The van der Waals surface area contributed by atoms with E-state index in [2.05, 4.69) is 10.3 Å². The van der Waals surface area contributed by atoms with Crippen LogP contribution in [0.3, 0.4) is 0 Å². The maximum atomic E-state index is 12.7. The third-order valence-electron chi connectivity index (χ3n) is 2.63. The molecule has 0 unspecified atom stereocenters. The summed E-state index contributed by atoms with van der Waals surface area (Å²) < 4.78 is 25.4. The second-order valence-corrected chi connectivity index (χ2v) is 4.12. The topological polar surface area (TPSA) is 24.9 Å². The lowest BCUT2D eigenvalue weighted by molar-refractivity contribution is 0.146. The van der Waals surface area contributed by atoms with Gasteiger partial charge in [-0.3, -0.25) is 0 Å². The molecule has 2 aromatic rings. The maximum absolute atomic E-state index is 12.7. The van der Waals surface area contributed by atoms with Crippen molar-refractivity contribution >= 4 is 28.2 Å². The van der Waals surface area contributed by atoms with Gasteiger partial charge in [0, 0.05) is 18.1 Å². The van der Waals surface area contributed by atoms with Crippen molar-refractivity contribution in [2.75, 3.05) is 12.4 Å². The van der Waals surface area contributed by atoms with Crippen molar-refractivity contribution in [3.05, 3.63) is 34.5 Å². The first-order chi connectivity index (χ1) is 8.04. The Bertz CT molecular complexity index is 570. The molecule has 0 fully saturated rings. The van der Waals surface area contributed by atoms with Gasteiger partial charge in [0.1, 0.15) is 5.69 Å². The fourth-order valence-corrected chi connectivity index (χ4v) is 1.90. The van der Waals surface area contributed by atoms with Crippen molar-refractivity contribution in [1.29, 1.82) is 0 Å². The SMILES string of the molecule is CNc1cc(C(F)F)nc2c(Cl)c(C)ccc12. The van der Waals surface area contributed by atoms with E-state index in [0.29, 0.717) is 16.2 Å². The first-order valence-corrected chi connectivity index (χ1v) is 5.48. The molecule has 2 rings (SSSR count). The zero-order valence-corrected chi connectivity index (χ0v) is 10.1. The highest BCUT2D eigenvalue weighted by molar-refractivity contribution is 6.36. The number of halogens is 3. The van der Waals surface area contributed by atoms with Crippen LogP contribution in [0.4, 0.5) is 14.5 Å². The van der Waals surface area contributed by atoms with E-state index < -0.39 is 6.43 Å². The Labute approximate surface area is 103 Å². The highest BCUT2D eigenvalue weighted by Crippen LogP contribution is 2.32. The van der Waals surface area contributed by atoms with Gasteiger partial charge >= 0.3 is 0 Å². The highest BCUT2D eigenvalue weighted by atomic mass is 35.5. The van der Waals surface area contributed by atoms with Crippen LogP contribution in [0.2, 0.25) is 5.02 Å². The number of nitrogens with one attached hydrogen (secondary N) is 1. The maximum Gasteiger partial charge on any atom is 0.280 e. The van der Waals surface area contributed by atoms with Gasteiger partial charge < -0.3 is 5.32 Å². The smallest absolute Gasteiger partial charge is 0.280 e. The van der Waals surface area contributed by atoms with Crippen molar-refractivity contribution in [1.82, 2.24) is 4.98 Å². The lowest BCUT2D eigenvalue weighted by Gasteiger charge is -2.11. The van der Waals surface area contributed by atoms with Gasteiger partial charge in [-0.25, -0.2) is 13.8 Å². The van der Waals surface area contributed by atoms with E-state index in [9.17, 15) is 8.78 Å². The number of alkyl halides is 2. The molecule has 17 heavy (non-hydrogen) atoms. The van der Waals surface area contributed by atoms with Gasteiger partial charge in [-0.15, -0.1) is 0 Å². The number of hydrogen-bond acceptors (Lipinski definition) is 2. The molecule has 0 amide bonds. The third kappa shape index (κ3) is 2.05. The van der Waals surface area contributed by atoms with Crippen LogP contribution in [-0.2, 0) is 0 Å². The summed E-state index contributed by atoms with van der Waals surface area (Å²) in [5.74, 6) is 0. The summed E-state index contributed by atoms with van der Waals surface area (Å²) in [6.45, 7) is 1.82. The molecule has 1 aromatic heterocycles. The van der Waals surface area contributed by atoms with Crippen molar-refractivity contribution in [3.8, 4) is 0 Å². The lowest BCUT2D eigenvalue weighted by Crippen LogP contribution is -1.98. The summed E-state index contributed by atoms with van der Waals surface area (Å²) in [6.07, 6.45) is -2.61. The van der Waals surface area contributed by atoms with Gasteiger partial charge in [0.05, 0.1) is 10.5 Å². The Kier molecular flexibility index (Phi) is 3.15. The second kappa shape index (κ2) is 4.45.